The van der Waals surface area contributed by atoms with E-state index in [1.807, 2.05) is 12.1 Å². The molecule has 0 amide bonds. The third-order valence-electron chi connectivity index (χ3n) is 3.56. The van der Waals surface area contributed by atoms with Crippen LogP contribution in [0.25, 0.3) is 0 Å². The topological polar surface area (TPSA) is 46.2 Å². The van der Waals surface area contributed by atoms with Crippen molar-refractivity contribution >= 4 is 5.69 Å². The lowest BCUT2D eigenvalue weighted by molar-refractivity contribution is 0.159. The van der Waals surface area contributed by atoms with Gasteiger partial charge in [0.2, 0.25) is 0 Å². The van der Waals surface area contributed by atoms with Crippen molar-refractivity contribution in [3.8, 4) is 0 Å². The minimum atomic E-state index is -0.167. The maximum absolute atomic E-state index is 9.92. The second kappa shape index (κ2) is 2.26. The van der Waals surface area contributed by atoms with Crippen LogP contribution in [0.15, 0.2) is 18.2 Å². The van der Waals surface area contributed by atoms with Gasteiger partial charge in [-0.05, 0) is 30.0 Å². The van der Waals surface area contributed by atoms with Crippen molar-refractivity contribution in [1.29, 1.82) is 0 Å². The highest BCUT2D eigenvalue weighted by atomic mass is 16.3. The lowest BCUT2D eigenvalue weighted by Gasteiger charge is -2.15. The van der Waals surface area contributed by atoms with Gasteiger partial charge < -0.3 is 10.8 Å². The van der Waals surface area contributed by atoms with Gasteiger partial charge in [0.05, 0.1) is 6.10 Å². The zero-order chi connectivity index (χ0) is 9.00. The molecule has 3 atom stereocenters. The molecule has 0 aliphatic heterocycles. The average molecular weight is 175 g/mol. The first-order valence-corrected chi connectivity index (χ1v) is 4.85. The highest BCUT2D eigenvalue weighted by molar-refractivity contribution is 5.59. The Morgan fingerprint density at radius 3 is 2.77 bits per heavy atom. The van der Waals surface area contributed by atoms with E-state index in [1.165, 1.54) is 11.1 Å². The Balaban J connectivity index is 2.24. The number of aliphatic hydroxyl groups excluding tert-OH is 1. The standard InChI is InChI=1S/C11H13NO/c12-9-3-1-2-6-7-4-5-8(10(6)9)11(7)13/h1-3,7-8,11,13H,4-5,12H2/t7?,8-,11?/m1/s1. The Morgan fingerprint density at radius 1 is 1.23 bits per heavy atom. The summed E-state index contributed by atoms with van der Waals surface area (Å²) in [7, 11) is 0. The second-order valence-electron chi connectivity index (χ2n) is 4.13. The Bertz CT molecular complexity index is 361. The lowest BCUT2D eigenvalue weighted by atomic mass is 9.91. The fourth-order valence-corrected chi connectivity index (χ4v) is 2.99. The van der Waals surface area contributed by atoms with Crippen LogP contribution in [0, 0.1) is 0 Å². The van der Waals surface area contributed by atoms with Crippen LogP contribution in [0.2, 0.25) is 0 Å². The predicted molar refractivity (Wildman–Crippen MR) is 51.6 cm³/mol. The number of nitrogen functional groups attached to an aromatic ring is 1. The molecule has 0 radical (unpaired) electrons. The summed E-state index contributed by atoms with van der Waals surface area (Å²) in [5, 5.41) is 9.92. The molecule has 3 N–H and O–H groups in total. The molecule has 1 aromatic carbocycles. The smallest absolute Gasteiger partial charge is 0.0678 e. The number of fused-ring (bicyclic) bond motifs is 5. The van der Waals surface area contributed by atoms with E-state index in [9.17, 15) is 5.11 Å². The van der Waals surface area contributed by atoms with Gasteiger partial charge in [0.25, 0.3) is 0 Å². The number of nitrogens with two attached hydrogens (primary N) is 1. The predicted octanol–water partition coefficient (Wildman–Crippen LogP) is 1.60. The molecule has 2 heteroatoms. The van der Waals surface area contributed by atoms with E-state index in [2.05, 4.69) is 6.07 Å². The normalized spacial score (nSPS) is 35.0. The first-order valence-electron chi connectivity index (χ1n) is 4.85. The van der Waals surface area contributed by atoms with Crippen LogP contribution in [0.4, 0.5) is 5.69 Å². The van der Waals surface area contributed by atoms with E-state index in [0.717, 1.165) is 18.5 Å². The third kappa shape index (κ3) is 0.767. The molecule has 1 saturated carbocycles. The molecular weight excluding hydrogens is 162 g/mol. The van der Waals surface area contributed by atoms with Gasteiger partial charge in [-0.1, -0.05) is 12.1 Å². The molecule has 13 heavy (non-hydrogen) atoms. The molecule has 0 heterocycles. The summed E-state index contributed by atoms with van der Waals surface area (Å²) in [6.45, 7) is 0. The second-order valence-corrected chi connectivity index (χ2v) is 4.13. The van der Waals surface area contributed by atoms with Crippen LogP contribution in [-0.4, -0.2) is 11.2 Å². The first-order chi connectivity index (χ1) is 6.29. The van der Waals surface area contributed by atoms with Gasteiger partial charge in [0.1, 0.15) is 0 Å². The minimum absolute atomic E-state index is 0.167. The van der Waals surface area contributed by atoms with Crippen molar-refractivity contribution in [2.45, 2.75) is 30.8 Å². The van der Waals surface area contributed by atoms with Gasteiger partial charge in [0, 0.05) is 17.5 Å². The summed E-state index contributed by atoms with van der Waals surface area (Å²) in [6, 6.07) is 6.03. The Hall–Kier alpha value is -1.02. The number of rotatable bonds is 0. The molecular formula is C11H13NO. The van der Waals surface area contributed by atoms with E-state index in [4.69, 9.17) is 5.73 Å². The fraction of sp³-hybridized carbons (Fsp3) is 0.455. The summed E-state index contributed by atoms with van der Waals surface area (Å²) in [6.07, 6.45) is 2.06. The molecule has 0 aromatic heterocycles. The number of hydrogen-bond donors (Lipinski definition) is 2. The van der Waals surface area contributed by atoms with Gasteiger partial charge in [-0.25, -0.2) is 0 Å². The van der Waals surface area contributed by atoms with Crippen LogP contribution in [0.3, 0.4) is 0 Å². The van der Waals surface area contributed by atoms with Crippen molar-refractivity contribution < 1.29 is 5.11 Å². The summed E-state index contributed by atoms with van der Waals surface area (Å²) >= 11 is 0. The molecule has 68 valence electrons. The minimum Gasteiger partial charge on any atom is -0.398 e. The quantitative estimate of drug-likeness (QED) is 0.588. The first kappa shape index (κ1) is 7.39. The van der Waals surface area contributed by atoms with Crippen molar-refractivity contribution in [1.82, 2.24) is 0 Å². The molecule has 0 saturated heterocycles. The number of hydrogen-bond acceptors (Lipinski definition) is 2. The molecule has 3 rings (SSSR count). The highest BCUT2D eigenvalue weighted by Crippen LogP contribution is 2.54. The zero-order valence-corrected chi connectivity index (χ0v) is 7.40. The molecule has 2 bridgehead atoms. The molecule has 2 nitrogen and oxygen atoms in total. The Morgan fingerprint density at radius 2 is 2.00 bits per heavy atom. The van der Waals surface area contributed by atoms with Crippen LogP contribution in [-0.2, 0) is 0 Å². The molecule has 1 aromatic rings. The van der Waals surface area contributed by atoms with Gasteiger partial charge in [0.15, 0.2) is 0 Å². The van der Waals surface area contributed by atoms with Crippen LogP contribution in [0.1, 0.15) is 35.8 Å². The van der Waals surface area contributed by atoms with E-state index in [1.54, 1.807) is 0 Å². The Labute approximate surface area is 77.4 Å². The maximum atomic E-state index is 9.92. The molecule has 2 unspecified atom stereocenters. The summed E-state index contributed by atoms with van der Waals surface area (Å²) < 4.78 is 0. The summed E-state index contributed by atoms with van der Waals surface area (Å²) in [4.78, 5) is 0. The summed E-state index contributed by atoms with van der Waals surface area (Å²) in [5.74, 6) is 0.685. The monoisotopic (exact) mass is 175 g/mol. The van der Waals surface area contributed by atoms with Crippen molar-refractivity contribution in [3.05, 3.63) is 29.3 Å². The highest BCUT2D eigenvalue weighted by Gasteiger charge is 2.45. The van der Waals surface area contributed by atoms with E-state index >= 15 is 0 Å². The number of benzene rings is 1. The largest absolute Gasteiger partial charge is 0.398 e. The van der Waals surface area contributed by atoms with E-state index < -0.39 is 0 Å². The average Bonchev–Trinajstić information content (AvgIpc) is 2.61. The van der Waals surface area contributed by atoms with Crippen molar-refractivity contribution in [2.75, 3.05) is 5.73 Å². The summed E-state index contributed by atoms with van der Waals surface area (Å²) in [5.41, 5.74) is 9.30. The van der Waals surface area contributed by atoms with Crippen LogP contribution >= 0.6 is 0 Å². The zero-order valence-electron chi connectivity index (χ0n) is 7.40. The van der Waals surface area contributed by atoms with E-state index in [-0.39, 0.29) is 6.10 Å². The SMILES string of the molecule is Nc1cccc2c1[C@H]1CCC2C1O. The third-order valence-corrected chi connectivity index (χ3v) is 3.56. The van der Waals surface area contributed by atoms with Gasteiger partial charge >= 0.3 is 0 Å². The van der Waals surface area contributed by atoms with Crippen molar-refractivity contribution in [2.24, 2.45) is 0 Å². The van der Waals surface area contributed by atoms with Gasteiger partial charge in [-0.2, -0.15) is 0 Å². The van der Waals surface area contributed by atoms with E-state index in [0.29, 0.717) is 11.8 Å². The molecule has 0 spiro atoms. The van der Waals surface area contributed by atoms with Crippen LogP contribution in [0.5, 0.6) is 0 Å². The number of aliphatic hydroxyl groups is 1. The molecule has 2 aliphatic carbocycles. The van der Waals surface area contributed by atoms with Gasteiger partial charge in [-0.3, -0.25) is 0 Å². The maximum Gasteiger partial charge on any atom is 0.0678 e. The molecule has 2 aliphatic rings. The number of anilines is 1. The Kier molecular flexibility index (Phi) is 1.29. The van der Waals surface area contributed by atoms with Gasteiger partial charge in [-0.15, -0.1) is 0 Å². The fourth-order valence-electron chi connectivity index (χ4n) is 2.99. The molecule has 1 fully saturated rings. The van der Waals surface area contributed by atoms with Crippen molar-refractivity contribution in [3.63, 3.8) is 0 Å². The lowest BCUT2D eigenvalue weighted by Crippen LogP contribution is -2.09. The van der Waals surface area contributed by atoms with Crippen LogP contribution < -0.4 is 5.73 Å².